The van der Waals surface area contributed by atoms with Gasteiger partial charge in [-0.2, -0.15) is 0 Å². The van der Waals surface area contributed by atoms with E-state index < -0.39 is 0 Å². The van der Waals surface area contributed by atoms with Crippen LogP contribution in [0.2, 0.25) is 0 Å². The summed E-state index contributed by atoms with van der Waals surface area (Å²) in [6.07, 6.45) is 1.96. The molecule has 6 heteroatoms. The molecule has 1 aromatic carbocycles. The number of nitrogens with zero attached hydrogens (tertiary/aromatic N) is 1. The van der Waals surface area contributed by atoms with Crippen LogP contribution < -0.4 is 21.8 Å². The van der Waals surface area contributed by atoms with E-state index in [1.807, 2.05) is 6.07 Å². The number of rotatable bonds is 8. The zero-order valence-corrected chi connectivity index (χ0v) is 16.0. The predicted molar refractivity (Wildman–Crippen MR) is 107 cm³/mol. The first-order chi connectivity index (χ1) is 11.9. The molecular weight excluding hydrogens is 334 g/mol. The third kappa shape index (κ3) is 4.19. The van der Waals surface area contributed by atoms with E-state index in [0.717, 1.165) is 23.9 Å². The van der Waals surface area contributed by atoms with Gasteiger partial charge in [-0.05, 0) is 24.5 Å². The van der Waals surface area contributed by atoms with Gasteiger partial charge in [0.15, 0.2) is 0 Å². The van der Waals surface area contributed by atoms with Crippen molar-refractivity contribution in [3.8, 4) is 5.75 Å². The average Bonchev–Trinajstić information content (AvgIpc) is 2.57. The Balaban J connectivity index is 2.78. The van der Waals surface area contributed by atoms with E-state index in [0.29, 0.717) is 40.8 Å². The Labute approximate surface area is 154 Å². The molecule has 2 aromatic rings. The van der Waals surface area contributed by atoms with Crippen LogP contribution in [0.15, 0.2) is 23.0 Å². The molecule has 0 unspecified atom stereocenters. The van der Waals surface area contributed by atoms with Crippen molar-refractivity contribution in [2.75, 3.05) is 6.61 Å². The monoisotopic (exact) mass is 361 g/mol. The van der Waals surface area contributed by atoms with Crippen LogP contribution in [-0.2, 0) is 13.1 Å². The first-order valence-corrected chi connectivity index (χ1v) is 9.13. The lowest BCUT2D eigenvalue weighted by atomic mass is 10.0. The molecule has 2 rings (SSSR count). The number of hydrogen-bond acceptors (Lipinski definition) is 4. The Morgan fingerprint density at radius 3 is 2.60 bits per heavy atom. The predicted octanol–water partition coefficient (Wildman–Crippen LogP) is 2.93. The molecule has 1 heterocycles. The third-order valence-electron chi connectivity index (χ3n) is 4.10. The summed E-state index contributed by atoms with van der Waals surface area (Å²) >= 11 is 5.08. The summed E-state index contributed by atoms with van der Waals surface area (Å²) in [5, 5.41) is 1.33. The average molecular weight is 362 g/mol. The van der Waals surface area contributed by atoms with Crippen molar-refractivity contribution >= 4 is 28.0 Å². The molecule has 0 saturated carbocycles. The highest BCUT2D eigenvalue weighted by molar-refractivity contribution is 7.80. The van der Waals surface area contributed by atoms with Gasteiger partial charge in [-0.1, -0.05) is 45.5 Å². The van der Waals surface area contributed by atoms with Crippen molar-refractivity contribution < 1.29 is 4.74 Å². The maximum absolute atomic E-state index is 13.0. The number of thiocarbonyl (C=S) groups is 1. The Morgan fingerprint density at radius 1 is 1.32 bits per heavy atom. The normalized spacial score (nSPS) is 11.2. The topological polar surface area (TPSA) is 83.3 Å². The van der Waals surface area contributed by atoms with Gasteiger partial charge in [-0.3, -0.25) is 4.79 Å². The van der Waals surface area contributed by atoms with E-state index >= 15 is 0 Å². The zero-order valence-electron chi connectivity index (χ0n) is 15.2. The quantitative estimate of drug-likeness (QED) is 0.558. The molecule has 0 saturated heterocycles. The summed E-state index contributed by atoms with van der Waals surface area (Å²) in [4.78, 5) is 13.3. The molecule has 0 amide bonds. The molecule has 0 fully saturated rings. The first-order valence-electron chi connectivity index (χ1n) is 8.72. The highest BCUT2D eigenvalue weighted by atomic mass is 32.1. The molecule has 5 nitrogen and oxygen atoms in total. The van der Waals surface area contributed by atoms with E-state index in [2.05, 4.69) is 20.8 Å². The minimum absolute atomic E-state index is 0.0542. The van der Waals surface area contributed by atoms with Crippen LogP contribution in [0.1, 0.15) is 44.9 Å². The third-order valence-corrected chi connectivity index (χ3v) is 4.33. The Morgan fingerprint density at radius 2 is 2.04 bits per heavy atom. The molecular formula is C19H27N3O2S. The molecule has 0 aliphatic rings. The summed E-state index contributed by atoms with van der Waals surface area (Å²) in [6, 6.07) is 5.39. The summed E-state index contributed by atoms with van der Waals surface area (Å²) in [5.41, 5.74) is 13.1. The molecule has 0 radical (unpaired) electrons. The van der Waals surface area contributed by atoms with Crippen molar-refractivity contribution in [2.45, 2.75) is 46.7 Å². The summed E-state index contributed by atoms with van der Waals surface area (Å²) in [7, 11) is 0. The molecule has 0 bridgehead atoms. The van der Waals surface area contributed by atoms with Crippen LogP contribution in [0.5, 0.6) is 5.75 Å². The van der Waals surface area contributed by atoms with Gasteiger partial charge in [0, 0.05) is 24.0 Å². The Bertz CT molecular complexity index is 828. The Kier molecular flexibility index (Phi) is 6.56. The summed E-state index contributed by atoms with van der Waals surface area (Å²) < 4.78 is 7.81. The molecule has 1 aromatic heterocycles. The highest BCUT2D eigenvalue weighted by Gasteiger charge is 2.18. The van der Waals surface area contributed by atoms with Crippen molar-refractivity contribution in [2.24, 2.45) is 17.4 Å². The first kappa shape index (κ1) is 19.4. The number of benzene rings is 1. The molecule has 0 aliphatic heterocycles. The largest absolute Gasteiger partial charge is 0.491 e. The number of unbranched alkanes of at least 4 members (excludes halogenated alkanes) is 1. The maximum Gasteiger partial charge on any atom is 0.258 e. The minimum atomic E-state index is -0.0542. The van der Waals surface area contributed by atoms with E-state index in [-0.39, 0.29) is 12.1 Å². The van der Waals surface area contributed by atoms with Gasteiger partial charge in [0.2, 0.25) is 0 Å². The van der Waals surface area contributed by atoms with Gasteiger partial charge in [0.25, 0.3) is 5.56 Å². The molecule has 0 spiro atoms. The number of hydrogen-bond donors (Lipinski definition) is 2. The van der Waals surface area contributed by atoms with Gasteiger partial charge in [-0.25, -0.2) is 0 Å². The number of ether oxygens (including phenoxy) is 1. The van der Waals surface area contributed by atoms with Gasteiger partial charge in [0.05, 0.1) is 17.7 Å². The van der Waals surface area contributed by atoms with Gasteiger partial charge >= 0.3 is 0 Å². The molecule has 4 N–H and O–H groups in total. The van der Waals surface area contributed by atoms with Crippen molar-refractivity contribution in [1.29, 1.82) is 0 Å². The fraction of sp³-hybridized carbons (Fsp3) is 0.474. The van der Waals surface area contributed by atoms with Gasteiger partial charge in [-0.15, -0.1) is 0 Å². The molecule has 136 valence electrons. The lowest BCUT2D eigenvalue weighted by Gasteiger charge is -2.20. The van der Waals surface area contributed by atoms with Crippen molar-refractivity contribution in [3.63, 3.8) is 0 Å². The van der Waals surface area contributed by atoms with Crippen LogP contribution in [-0.4, -0.2) is 16.2 Å². The molecule has 0 atom stereocenters. The highest BCUT2D eigenvalue weighted by Crippen LogP contribution is 2.29. The number of aromatic nitrogens is 1. The second-order valence-electron chi connectivity index (χ2n) is 6.62. The van der Waals surface area contributed by atoms with Crippen LogP contribution in [0.3, 0.4) is 0 Å². The van der Waals surface area contributed by atoms with E-state index in [9.17, 15) is 4.79 Å². The van der Waals surface area contributed by atoms with Gasteiger partial charge < -0.3 is 20.8 Å². The van der Waals surface area contributed by atoms with Crippen LogP contribution >= 0.6 is 12.2 Å². The second kappa shape index (κ2) is 8.45. The number of pyridine rings is 1. The molecule has 25 heavy (non-hydrogen) atoms. The van der Waals surface area contributed by atoms with Crippen molar-refractivity contribution in [3.05, 3.63) is 39.8 Å². The second-order valence-corrected chi connectivity index (χ2v) is 7.06. The lowest BCUT2D eigenvalue weighted by Crippen LogP contribution is -2.28. The number of nitrogens with two attached hydrogens (primary N) is 2. The van der Waals surface area contributed by atoms with Crippen molar-refractivity contribution in [1.82, 2.24) is 4.57 Å². The van der Waals surface area contributed by atoms with E-state index in [4.69, 9.17) is 28.4 Å². The van der Waals surface area contributed by atoms with Gasteiger partial charge in [0.1, 0.15) is 10.7 Å². The van der Waals surface area contributed by atoms with Crippen LogP contribution in [0.25, 0.3) is 10.8 Å². The maximum atomic E-state index is 13.0. The summed E-state index contributed by atoms with van der Waals surface area (Å²) in [5.74, 6) is 0.990. The number of fused-ring (bicyclic) bond motifs is 1. The van der Waals surface area contributed by atoms with Crippen LogP contribution in [0, 0.1) is 5.92 Å². The smallest absolute Gasteiger partial charge is 0.258 e. The Hall–Kier alpha value is -1.92. The summed E-state index contributed by atoms with van der Waals surface area (Å²) in [6.45, 7) is 7.67. The molecule has 0 aliphatic carbocycles. The lowest BCUT2D eigenvalue weighted by molar-refractivity contribution is 0.304. The van der Waals surface area contributed by atoms with E-state index in [1.165, 1.54) is 0 Å². The standard InChI is InChI=1S/C19H27N3O2S/c1-4-5-8-24-17-15-9-13(18(21)25)6-7-14(15)19(23)22(11-12(2)3)16(17)10-20/h6-7,9,12H,4-5,8,10-11,20H2,1-3H3,(H2,21,25). The van der Waals surface area contributed by atoms with E-state index in [1.54, 1.807) is 16.7 Å². The minimum Gasteiger partial charge on any atom is -0.491 e. The fourth-order valence-corrected chi connectivity index (χ4v) is 2.99. The zero-order chi connectivity index (χ0) is 18.6. The fourth-order valence-electron chi connectivity index (χ4n) is 2.86. The van der Waals surface area contributed by atoms with Crippen LogP contribution in [0.4, 0.5) is 0 Å². The SMILES string of the molecule is CCCCOc1c(CN)n(CC(C)C)c(=O)c2ccc(C(N)=S)cc12.